The summed E-state index contributed by atoms with van der Waals surface area (Å²) >= 11 is 10.6. The summed E-state index contributed by atoms with van der Waals surface area (Å²) in [5.74, 6) is 0. The molecular formula is C10H14BrClN2O2S2. The zero-order valence-electron chi connectivity index (χ0n) is 10.2. The Morgan fingerprint density at radius 2 is 2.17 bits per heavy atom. The quantitative estimate of drug-likeness (QED) is 0.806. The van der Waals surface area contributed by atoms with Gasteiger partial charge in [0.15, 0.2) is 0 Å². The van der Waals surface area contributed by atoms with Gasteiger partial charge in [-0.3, -0.25) is 0 Å². The number of aromatic nitrogens is 1. The van der Waals surface area contributed by atoms with Crippen LogP contribution in [0.3, 0.4) is 0 Å². The van der Waals surface area contributed by atoms with Crippen LogP contribution in [0.4, 0.5) is 0 Å². The monoisotopic (exact) mass is 372 g/mol. The second-order valence-corrected chi connectivity index (χ2v) is 8.75. The molecule has 0 spiro atoms. The van der Waals surface area contributed by atoms with Gasteiger partial charge in [-0.2, -0.15) is 11.8 Å². The fourth-order valence-electron chi connectivity index (χ4n) is 1.01. The van der Waals surface area contributed by atoms with E-state index in [1.54, 1.807) is 11.8 Å². The van der Waals surface area contributed by atoms with Crippen molar-refractivity contribution >= 4 is 49.3 Å². The summed E-state index contributed by atoms with van der Waals surface area (Å²) in [5, 5.41) is -0.0346. The lowest BCUT2D eigenvalue weighted by Gasteiger charge is -2.22. The van der Waals surface area contributed by atoms with Crippen molar-refractivity contribution in [2.75, 3.05) is 12.8 Å². The highest BCUT2D eigenvalue weighted by Gasteiger charge is 2.23. The fourth-order valence-corrected chi connectivity index (χ4v) is 3.47. The van der Waals surface area contributed by atoms with Gasteiger partial charge in [-0.1, -0.05) is 11.6 Å². The number of rotatable bonds is 5. The third kappa shape index (κ3) is 4.38. The molecule has 1 aromatic rings. The number of nitrogens with zero attached hydrogens (tertiary/aromatic N) is 1. The van der Waals surface area contributed by atoms with Crippen molar-refractivity contribution in [3.8, 4) is 0 Å². The van der Waals surface area contributed by atoms with Gasteiger partial charge in [0.2, 0.25) is 10.0 Å². The Labute approximate surface area is 125 Å². The summed E-state index contributed by atoms with van der Waals surface area (Å²) in [6, 6.07) is 1.43. The van der Waals surface area contributed by atoms with Crippen LogP contribution in [0.5, 0.6) is 0 Å². The van der Waals surface area contributed by atoms with Crippen molar-refractivity contribution in [3.63, 3.8) is 0 Å². The average Bonchev–Trinajstić information content (AvgIpc) is 2.30. The molecule has 0 saturated heterocycles. The number of sulfonamides is 1. The maximum Gasteiger partial charge on any atom is 0.243 e. The number of thioether (sulfide) groups is 1. The minimum absolute atomic E-state index is 0.0181. The van der Waals surface area contributed by atoms with E-state index in [9.17, 15) is 8.42 Å². The third-order valence-corrected chi connectivity index (χ3v) is 5.81. The van der Waals surface area contributed by atoms with Gasteiger partial charge in [0.1, 0.15) is 10.0 Å². The molecule has 1 N–H and O–H groups in total. The van der Waals surface area contributed by atoms with Gasteiger partial charge >= 0.3 is 0 Å². The summed E-state index contributed by atoms with van der Waals surface area (Å²) in [6.45, 7) is 4.24. The largest absolute Gasteiger partial charge is 0.243 e. The molecule has 0 atom stereocenters. The summed E-state index contributed by atoms with van der Waals surface area (Å²) in [5.41, 5.74) is 0. The smallest absolute Gasteiger partial charge is 0.242 e. The topological polar surface area (TPSA) is 59.1 Å². The fraction of sp³-hybridized carbons (Fsp3) is 0.500. The van der Waals surface area contributed by atoms with E-state index in [2.05, 4.69) is 25.6 Å². The van der Waals surface area contributed by atoms with Gasteiger partial charge in [0.05, 0.1) is 0 Å². The predicted octanol–water partition coefficient (Wildman–Crippen LogP) is 2.92. The Hall–Kier alpha value is 0.180. The third-order valence-electron chi connectivity index (χ3n) is 2.30. The summed E-state index contributed by atoms with van der Waals surface area (Å²) < 4.78 is 27.1. The summed E-state index contributed by atoms with van der Waals surface area (Å²) in [7, 11) is -3.64. The van der Waals surface area contributed by atoms with E-state index in [-0.39, 0.29) is 14.8 Å². The molecule has 0 unspecified atom stereocenters. The zero-order valence-corrected chi connectivity index (χ0v) is 14.2. The Balaban J connectivity index is 2.97. The van der Waals surface area contributed by atoms with Crippen LogP contribution < -0.4 is 4.72 Å². The Morgan fingerprint density at radius 3 is 2.72 bits per heavy atom. The minimum Gasteiger partial charge on any atom is -0.242 e. The molecule has 0 aliphatic heterocycles. The molecule has 0 saturated carbocycles. The molecule has 0 aromatic carbocycles. The number of hydrogen-bond acceptors (Lipinski definition) is 4. The van der Waals surface area contributed by atoms with Crippen LogP contribution in [-0.2, 0) is 10.0 Å². The van der Waals surface area contributed by atoms with Crippen molar-refractivity contribution in [2.24, 2.45) is 0 Å². The van der Waals surface area contributed by atoms with Crippen LogP contribution in [0.2, 0.25) is 5.15 Å². The number of nitrogens with one attached hydrogen (secondary N) is 1. The Morgan fingerprint density at radius 1 is 1.56 bits per heavy atom. The second kappa shape index (κ2) is 6.09. The van der Waals surface area contributed by atoms with Crippen LogP contribution in [-0.4, -0.2) is 30.9 Å². The number of pyridine rings is 1. The Bertz CT molecular complexity index is 535. The van der Waals surface area contributed by atoms with Gasteiger partial charge < -0.3 is 0 Å². The molecule has 0 amide bonds. The van der Waals surface area contributed by atoms with Gasteiger partial charge in [-0.25, -0.2) is 18.1 Å². The van der Waals surface area contributed by atoms with E-state index < -0.39 is 10.0 Å². The molecular weight excluding hydrogens is 360 g/mol. The lowest BCUT2D eigenvalue weighted by Crippen LogP contribution is -2.36. The first kappa shape index (κ1) is 16.2. The SMILES string of the molecule is CSC(C)(C)CNS(=O)(=O)c1cc(Br)cnc1Cl. The van der Waals surface area contributed by atoms with E-state index >= 15 is 0 Å². The molecule has 1 aromatic heterocycles. The van der Waals surface area contributed by atoms with Crippen LogP contribution in [0.25, 0.3) is 0 Å². The van der Waals surface area contributed by atoms with Crippen molar-refractivity contribution in [1.82, 2.24) is 9.71 Å². The second-order valence-electron chi connectivity index (χ2n) is 4.23. The predicted molar refractivity (Wildman–Crippen MR) is 79.7 cm³/mol. The summed E-state index contributed by atoms with van der Waals surface area (Å²) in [4.78, 5) is 3.79. The van der Waals surface area contributed by atoms with E-state index in [0.717, 1.165) is 0 Å². The number of halogens is 2. The molecule has 1 heterocycles. The van der Waals surface area contributed by atoms with Crippen LogP contribution in [0.15, 0.2) is 21.6 Å². The molecule has 0 fully saturated rings. The van der Waals surface area contributed by atoms with Crippen molar-refractivity contribution in [2.45, 2.75) is 23.5 Å². The summed E-state index contributed by atoms with van der Waals surface area (Å²) in [6.07, 6.45) is 3.38. The normalized spacial score (nSPS) is 12.7. The molecule has 0 aliphatic rings. The molecule has 0 aliphatic carbocycles. The van der Waals surface area contributed by atoms with E-state index in [1.807, 2.05) is 20.1 Å². The molecule has 102 valence electrons. The lowest BCUT2D eigenvalue weighted by atomic mass is 10.2. The van der Waals surface area contributed by atoms with Gasteiger partial charge in [0.25, 0.3) is 0 Å². The van der Waals surface area contributed by atoms with E-state index in [4.69, 9.17) is 11.6 Å². The maximum absolute atomic E-state index is 12.1. The van der Waals surface area contributed by atoms with Crippen molar-refractivity contribution < 1.29 is 8.42 Å². The molecule has 0 bridgehead atoms. The average molecular weight is 374 g/mol. The van der Waals surface area contributed by atoms with E-state index in [0.29, 0.717) is 11.0 Å². The van der Waals surface area contributed by atoms with Gasteiger partial charge in [0, 0.05) is 22.0 Å². The van der Waals surface area contributed by atoms with Gasteiger partial charge in [-0.05, 0) is 42.1 Å². The maximum atomic E-state index is 12.1. The highest BCUT2D eigenvalue weighted by Crippen LogP contribution is 2.24. The number of hydrogen-bond donors (Lipinski definition) is 1. The molecule has 1 rings (SSSR count). The molecule has 0 radical (unpaired) electrons. The van der Waals surface area contributed by atoms with Gasteiger partial charge in [-0.15, -0.1) is 0 Å². The minimum atomic E-state index is -3.64. The van der Waals surface area contributed by atoms with E-state index in [1.165, 1.54) is 12.3 Å². The highest BCUT2D eigenvalue weighted by molar-refractivity contribution is 9.10. The van der Waals surface area contributed by atoms with Crippen molar-refractivity contribution in [1.29, 1.82) is 0 Å². The molecule has 4 nitrogen and oxygen atoms in total. The molecule has 8 heteroatoms. The van der Waals surface area contributed by atoms with Crippen LogP contribution in [0.1, 0.15) is 13.8 Å². The Kier molecular flexibility index (Phi) is 5.49. The first-order valence-electron chi connectivity index (χ1n) is 5.04. The zero-order chi connectivity index (χ0) is 14.0. The standard InChI is InChI=1S/C10H14BrClN2O2S2/c1-10(2,17-3)6-14-18(15,16)8-4-7(11)5-13-9(8)12/h4-5,14H,6H2,1-3H3. The van der Waals surface area contributed by atoms with Crippen molar-refractivity contribution in [3.05, 3.63) is 21.9 Å². The highest BCUT2D eigenvalue weighted by atomic mass is 79.9. The first-order chi connectivity index (χ1) is 8.18. The van der Waals surface area contributed by atoms with Crippen LogP contribution in [0, 0.1) is 0 Å². The van der Waals surface area contributed by atoms with Crippen LogP contribution >= 0.6 is 39.3 Å². The first-order valence-corrected chi connectivity index (χ1v) is 8.92. The molecule has 18 heavy (non-hydrogen) atoms. The lowest BCUT2D eigenvalue weighted by molar-refractivity contribution is 0.570.